The summed E-state index contributed by atoms with van der Waals surface area (Å²) in [5.74, 6) is 0. The number of nitrogens with one attached hydrogen (secondary N) is 2. The van der Waals surface area contributed by atoms with Gasteiger partial charge in [-0.1, -0.05) is 87.4 Å². The lowest BCUT2D eigenvalue weighted by atomic mass is 9.71. The molecule has 2 N–H and O–H groups in total. The zero-order valence-corrected chi connectivity index (χ0v) is 27.7. The van der Waals surface area contributed by atoms with Crippen LogP contribution in [0, 0.1) is 16.7 Å². The molecule has 0 aliphatic rings. The maximum atomic E-state index is 13.7. The van der Waals surface area contributed by atoms with E-state index in [0.717, 1.165) is 36.6 Å². The molecule has 0 rings (SSSR count). The highest BCUT2D eigenvalue weighted by Gasteiger charge is 2.30. The Morgan fingerprint density at radius 1 is 1.04 bits per heavy atom. The second kappa shape index (κ2) is 20.7. The molecule has 244 valence electrons. The van der Waals surface area contributed by atoms with Crippen molar-refractivity contribution in [3.63, 3.8) is 0 Å². The third-order valence-corrected chi connectivity index (χ3v) is 7.41. The Kier molecular flexibility index (Phi) is 18.8. The Morgan fingerprint density at radius 2 is 1.71 bits per heavy atom. The molecule has 1 unspecified atom stereocenters. The summed E-state index contributed by atoms with van der Waals surface area (Å²) in [7, 11) is 1.88. The van der Waals surface area contributed by atoms with Crippen LogP contribution >= 0.6 is 0 Å². The zero-order chi connectivity index (χ0) is 34.6. The van der Waals surface area contributed by atoms with Crippen LogP contribution in [0.4, 0.5) is 17.6 Å². The van der Waals surface area contributed by atoms with E-state index < -0.39 is 18.0 Å². The molecular formula is C38H49F4N3. The minimum Gasteiger partial charge on any atom is -0.355 e. The van der Waals surface area contributed by atoms with Crippen LogP contribution in [0.2, 0.25) is 0 Å². The van der Waals surface area contributed by atoms with Crippen molar-refractivity contribution in [1.29, 1.82) is 5.26 Å². The lowest BCUT2D eigenvalue weighted by Gasteiger charge is -2.35. The molecule has 45 heavy (non-hydrogen) atoms. The lowest BCUT2D eigenvalue weighted by Crippen LogP contribution is -2.25. The standard InChI is InChI=1S/C38H49F4N3/c1-11-16-19-33(28(6)26-39)25-37(9,21-17-23-44-10)29(7)34(15-5)30(8)45-36(18-12-2)35(20-22-38(40,41)42)32(14-4)24-31(13-3)27-43/h11-16,18-20,24,26,44-45H,2-3,5,8,17,21-23,25H2,1,4,6-7,9-10H3/b16-11-,28-26+,31-24+,32-14+,33-19-,34-29+,35-20?,36-18+. The van der Waals surface area contributed by atoms with Crippen LogP contribution in [-0.4, -0.2) is 19.8 Å². The van der Waals surface area contributed by atoms with E-state index in [2.05, 4.69) is 43.9 Å². The predicted octanol–water partition coefficient (Wildman–Crippen LogP) is 10.9. The molecule has 0 spiro atoms. The van der Waals surface area contributed by atoms with Gasteiger partial charge >= 0.3 is 6.18 Å². The van der Waals surface area contributed by atoms with Gasteiger partial charge in [0.25, 0.3) is 0 Å². The lowest BCUT2D eigenvalue weighted by molar-refractivity contribution is -0.125. The fraction of sp³-hybridized carbons (Fsp3) is 0.342. The summed E-state index contributed by atoms with van der Waals surface area (Å²) in [5, 5.41) is 15.8. The van der Waals surface area contributed by atoms with Gasteiger partial charge in [-0.3, -0.25) is 0 Å². The summed E-state index contributed by atoms with van der Waals surface area (Å²) in [4.78, 5) is 0. The van der Waals surface area contributed by atoms with Crippen LogP contribution in [0.15, 0.2) is 144 Å². The number of nitriles is 1. The Hall–Kier alpha value is -4.15. The van der Waals surface area contributed by atoms with Gasteiger partial charge in [-0.05, 0) is 100 Å². The summed E-state index contributed by atoms with van der Waals surface area (Å²) < 4.78 is 54.0. The zero-order valence-electron chi connectivity index (χ0n) is 27.7. The molecule has 0 saturated carbocycles. The maximum absolute atomic E-state index is 13.7. The van der Waals surface area contributed by atoms with Crippen LogP contribution in [-0.2, 0) is 0 Å². The molecule has 0 aromatic heterocycles. The van der Waals surface area contributed by atoms with Crippen LogP contribution in [0.3, 0.4) is 0 Å². The second-order valence-corrected chi connectivity index (χ2v) is 10.7. The summed E-state index contributed by atoms with van der Waals surface area (Å²) in [5.41, 5.74) is 4.03. The summed E-state index contributed by atoms with van der Waals surface area (Å²) >= 11 is 0. The highest BCUT2D eigenvalue weighted by Crippen LogP contribution is 2.43. The minimum absolute atomic E-state index is 0.192. The SMILES string of the molecule is C=C/C=C(/NC(=C)/C(C=C)=C(\C)C(C)(CCCNC)CC(=C/C=C\C)/C(C)=C/F)C(=CCC(F)(F)F)C(/C=C(/C#N)C=C)=C/C. The molecule has 3 nitrogen and oxygen atoms in total. The monoisotopic (exact) mass is 623 g/mol. The number of rotatable bonds is 19. The van der Waals surface area contributed by atoms with Crippen LogP contribution in [0.1, 0.15) is 60.3 Å². The van der Waals surface area contributed by atoms with Crippen molar-refractivity contribution in [3.8, 4) is 6.07 Å². The van der Waals surface area contributed by atoms with Crippen molar-refractivity contribution in [3.05, 3.63) is 144 Å². The molecule has 0 aliphatic carbocycles. The summed E-state index contributed by atoms with van der Waals surface area (Å²) in [6, 6.07) is 1.99. The minimum atomic E-state index is -4.46. The maximum Gasteiger partial charge on any atom is 0.392 e. The molecule has 0 fully saturated rings. The quantitative estimate of drug-likeness (QED) is 0.0651. The van der Waals surface area contributed by atoms with Gasteiger partial charge in [-0.15, -0.1) is 0 Å². The molecule has 0 saturated heterocycles. The number of halogens is 4. The fourth-order valence-electron chi connectivity index (χ4n) is 4.69. The topological polar surface area (TPSA) is 47.8 Å². The van der Waals surface area contributed by atoms with Gasteiger partial charge in [-0.25, -0.2) is 4.39 Å². The third-order valence-electron chi connectivity index (χ3n) is 7.41. The van der Waals surface area contributed by atoms with Crippen molar-refractivity contribution in [2.24, 2.45) is 5.41 Å². The van der Waals surface area contributed by atoms with Gasteiger partial charge in [0.1, 0.15) is 0 Å². The Morgan fingerprint density at radius 3 is 2.18 bits per heavy atom. The Balaban J connectivity index is 7.22. The first-order chi connectivity index (χ1) is 21.2. The number of alkyl halides is 3. The van der Waals surface area contributed by atoms with Crippen molar-refractivity contribution in [2.45, 2.75) is 66.5 Å². The van der Waals surface area contributed by atoms with Crippen LogP contribution < -0.4 is 10.6 Å². The van der Waals surface area contributed by atoms with E-state index in [1.807, 2.05) is 45.2 Å². The van der Waals surface area contributed by atoms with Gasteiger partial charge in [-0.2, -0.15) is 18.4 Å². The van der Waals surface area contributed by atoms with Crippen LogP contribution in [0.5, 0.6) is 0 Å². The largest absolute Gasteiger partial charge is 0.392 e. The molecule has 0 amide bonds. The predicted molar refractivity (Wildman–Crippen MR) is 184 cm³/mol. The first-order valence-electron chi connectivity index (χ1n) is 14.8. The van der Waals surface area contributed by atoms with E-state index >= 15 is 0 Å². The summed E-state index contributed by atoms with van der Waals surface area (Å²) in [6.07, 6.45) is 12.9. The summed E-state index contributed by atoms with van der Waals surface area (Å²) in [6.45, 7) is 25.8. The number of allylic oxidation sites excluding steroid dienone is 15. The molecular weight excluding hydrogens is 574 g/mol. The average Bonchev–Trinajstić information content (AvgIpc) is 3.00. The van der Waals surface area contributed by atoms with Gasteiger partial charge in [0, 0.05) is 17.0 Å². The molecule has 0 radical (unpaired) electrons. The second-order valence-electron chi connectivity index (χ2n) is 10.7. The Bertz CT molecular complexity index is 1350. The normalized spacial score (nSPS) is 16.1. The molecule has 0 heterocycles. The van der Waals surface area contributed by atoms with Crippen molar-refractivity contribution >= 4 is 0 Å². The molecule has 1 atom stereocenters. The average molecular weight is 624 g/mol. The van der Waals surface area contributed by atoms with E-state index in [9.17, 15) is 22.8 Å². The highest BCUT2D eigenvalue weighted by atomic mass is 19.4. The van der Waals surface area contributed by atoms with Gasteiger partial charge in [0.05, 0.1) is 24.4 Å². The van der Waals surface area contributed by atoms with Gasteiger partial charge in [0.15, 0.2) is 0 Å². The van der Waals surface area contributed by atoms with Crippen molar-refractivity contribution in [2.75, 3.05) is 13.6 Å². The van der Waals surface area contributed by atoms with E-state index in [4.69, 9.17) is 0 Å². The number of hydrogen-bond donors (Lipinski definition) is 2. The molecule has 0 aliphatic heterocycles. The van der Waals surface area contributed by atoms with E-state index in [1.54, 1.807) is 32.1 Å². The van der Waals surface area contributed by atoms with Crippen LogP contribution in [0.25, 0.3) is 0 Å². The first kappa shape index (κ1) is 40.9. The highest BCUT2D eigenvalue weighted by molar-refractivity contribution is 5.57. The Labute approximate surface area is 268 Å². The van der Waals surface area contributed by atoms with Gasteiger partial charge < -0.3 is 10.6 Å². The molecule has 0 aromatic carbocycles. The smallest absolute Gasteiger partial charge is 0.355 e. The van der Waals surface area contributed by atoms with Crippen molar-refractivity contribution in [1.82, 2.24) is 10.6 Å². The first-order valence-corrected chi connectivity index (χ1v) is 14.8. The number of nitrogens with zero attached hydrogens (tertiary/aromatic N) is 1. The molecule has 0 bridgehead atoms. The van der Waals surface area contributed by atoms with E-state index in [-0.39, 0.29) is 11.1 Å². The van der Waals surface area contributed by atoms with E-state index in [0.29, 0.717) is 40.9 Å². The molecule has 0 aromatic rings. The fourth-order valence-corrected chi connectivity index (χ4v) is 4.69. The number of hydrogen-bond acceptors (Lipinski definition) is 3. The third kappa shape index (κ3) is 14.0. The van der Waals surface area contributed by atoms with E-state index in [1.165, 1.54) is 18.2 Å². The van der Waals surface area contributed by atoms with Crippen molar-refractivity contribution < 1.29 is 17.6 Å². The van der Waals surface area contributed by atoms with Gasteiger partial charge in [0.2, 0.25) is 0 Å². The molecule has 7 heteroatoms.